The molecule has 0 aliphatic heterocycles. The lowest BCUT2D eigenvalue weighted by molar-refractivity contribution is 0.574. The van der Waals surface area contributed by atoms with Crippen molar-refractivity contribution in [3.8, 4) is 0 Å². The Hall–Kier alpha value is -0.0500. The van der Waals surface area contributed by atoms with Gasteiger partial charge in [0.1, 0.15) is 0 Å². The average Bonchev–Trinajstić information content (AvgIpc) is 1.88. The fourth-order valence-corrected chi connectivity index (χ4v) is 2.64. The van der Waals surface area contributed by atoms with Gasteiger partial charge in [0.25, 0.3) is 0 Å². The Bertz CT molecular complexity index is 182. The fraction of sp³-hybridized carbons (Fsp3) is 1.00. The molecule has 3 heteroatoms. The first kappa shape index (κ1) is 11.0. The molecule has 0 spiro atoms. The van der Waals surface area contributed by atoms with Crippen molar-refractivity contribution in [3.63, 3.8) is 0 Å². The maximum absolute atomic E-state index is 11.3. The van der Waals surface area contributed by atoms with Gasteiger partial charge in [0.2, 0.25) is 0 Å². The molecule has 11 heavy (non-hydrogen) atoms. The van der Waals surface area contributed by atoms with Crippen LogP contribution in [0, 0.1) is 0 Å². The van der Waals surface area contributed by atoms with Gasteiger partial charge in [-0.2, -0.15) is 0 Å². The Morgan fingerprint density at radius 2 is 1.73 bits per heavy atom. The molecule has 1 atom stereocenters. The van der Waals surface area contributed by atoms with Gasteiger partial charge in [-0.15, -0.1) is 0 Å². The van der Waals surface area contributed by atoms with Crippen molar-refractivity contribution in [3.05, 3.63) is 0 Å². The van der Waals surface area contributed by atoms with E-state index >= 15 is 0 Å². The van der Waals surface area contributed by atoms with Crippen molar-refractivity contribution in [2.24, 2.45) is 0 Å². The Balaban J connectivity index is 4.07. The van der Waals surface area contributed by atoms with Crippen LogP contribution in [0.15, 0.2) is 0 Å². The SMILES string of the molecule is CCCC(C)S(=O)(=O)CCC. The molecule has 2 nitrogen and oxygen atoms in total. The molecule has 0 amide bonds. The van der Waals surface area contributed by atoms with Crippen LogP contribution in [0.5, 0.6) is 0 Å². The smallest absolute Gasteiger partial charge is 0.152 e. The van der Waals surface area contributed by atoms with E-state index in [0.717, 1.165) is 19.3 Å². The summed E-state index contributed by atoms with van der Waals surface area (Å²) in [6.45, 7) is 5.71. The zero-order chi connectivity index (χ0) is 8.91. The molecule has 0 aliphatic rings. The van der Waals surface area contributed by atoms with E-state index in [4.69, 9.17) is 0 Å². The summed E-state index contributed by atoms with van der Waals surface area (Å²) in [6.07, 6.45) is 2.48. The summed E-state index contributed by atoms with van der Waals surface area (Å²) in [7, 11) is -2.77. The van der Waals surface area contributed by atoms with Gasteiger partial charge in [0, 0.05) is 0 Å². The normalized spacial score (nSPS) is 14.8. The van der Waals surface area contributed by atoms with Crippen LogP contribution >= 0.6 is 0 Å². The highest BCUT2D eigenvalue weighted by Crippen LogP contribution is 2.09. The first-order valence-electron chi connectivity index (χ1n) is 4.26. The second-order valence-electron chi connectivity index (χ2n) is 2.97. The number of rotatable bonds is 5. The van der Waals surface area contributed by atoms with Gasteiger partial charge < -0.3 is 0 Å². The largest absolute Gasteiger partial charge is 0.229 e. The van der Waals surface area contributed by atoms with Crippen molar-refractivity contribution < 1.29 is 8.42 Å². The van der Waals surface area contributed by atoms with Crippen LogP contribution in [-0.4, -0.2) is 19.4 Å². The van der Waals surface area contributed by atoms with E-state index in [1.807, 2.05) is 13.8 Å². The quantitative estimate of drug-likeness (QED) is 0.645. The summed E-state index contributed by atoms with van der Waals surface area (Å²) in [4.78, 5) is 0. The molecule has 0 rings (SSSR count). The Kier molecular flexibility index (Phi) is 4.73. The van der Waals surface area contributed by atoms with Crippen LogP contribution in [0.1, 0.15) is 40.0 Å². The first-order chi connectivity index (χ1) is 5.04. The van der Waals surface area contributed by atoms with Gasteiger partial charge in [-0.3, -0.25) is 0 Å². The van der Waals surface area contributed by atoms with E-state index in [9.17, 15) is 8.42 Å². The van der Waals surface area contributed by atoms with E-state index < -0.39 is 9.84 Å². The third-order valence-electron chi connectivity index (χ3n) is 1.80. The number of hydrogen-bond donors (Lipinski definition) is 0. The second-order valence-corrected chi connectivity index (χ2v) is 5.50. The molecular formula is C8H18O2S. The van der Waals surface area contributed by atoms with Gasteiger partial charge >= 0.3 is 0 Å². The van der Waals surface area contributed by atoms with E-state index in [1.165, 1.54) is 0 Å². The topological polar surface area (TPSA) is 34.1 Å². The molecule has 0 N–H and O–H groups in total. The third-order valence-corrected chi connectivity index (χ3v) is 4.24. The average molecular weight is 178 g/mol. The molecule has 0 fully saturated rings. The highest BCUT2D eigenvalue weighted by molar-refractivity contribution is 7.91. The molecule has 0 aromatic rings. The van der Waals surface area contributed by atoms with E-state index in [0.29, 0.717) is 5.75 Å². The third kappa shape index (κ3) is 3.75. The molecule has 1 unspecified atom stereocenters. The first-order valence-corrected chi connectivity index (χ1v) is 5.97. The summed E-state index contributed by atoms with van der Waals surface area (Å²) < 4.78 is 22.6. The summed E-state index contributed by atoms with van der Waals surface area (Å²) in [5.74, 6) is 0.341. The van der Waals surface area contributed by atoms with Crippen LogP contribution in [0.4, 0.5) is 0 Å². The van der Waals surface area contributed by atoms with Crippen molar-refractivity contribution in [2.45, 2.75) is 45.3 Å². The highest BCUT2D eigenvalue weighted by atomic mass is 32.2. The van der Waals surface area contributed by atoms with Crippen molar-refractivity contribution >= 4 is 9.84 Å². The minimum Gasteiger partial charge on any atom is -0.229 e. The molecule has 0 heterocycles. The maximum Gasteiger partial charge on any atom is 0.152 e. The zero-order valence-corrected chi connectivity index (χ0v) is 8.45. The van der Waals surface area contributed by atoms with E-state index in [1.54, 1.807) is 6.92 Å². The van der Waals surface area contributed by atoms with Gasteiger partial charge in [-0.1, -0.05) is 20.3 Å². The van der Waals surface area contributed by atoms with E-state index in [-0.39, 0.29) is 5.25 Å². The summed E-state index contributed by atoms with van der Waals surface area (Å²) in [5, 5.41) is -0.146. The van der Waals surface area contributed by atoms with Crippen molar-refractivity contribution in [1.82, 2.24) is 0 Å². The lowest BCUT2D eigenvalue weighted by atomic mass is 10.3. The maximum atomic E-state index is 11.3. The van der Waals surface area contributed by atoms with Crippen LogP contribution in [0.3, 0.4) is 0 Å². The van der Waals surface area contributed by atoms with Crippen molar-refractivity contribution in [1.29, 1.82) is 0 Å². The number of hydrogen-bond acceptors (Lipinski definition) is 2. The Labute approximate surface area is 69.9 Å². The molecule has 0 saturated heterocycles. The fourth-order valence-electron chi connectivity index (χ4n) is 1.07. The lowest BCUT2D eigenvalue weighted by Gasteiger charge is -2.09. The Morgan fingerprint density at radius 3 is 2.09 bits per heavy atom. The van der Waals surface area contributed by atoms with Crippen LogP contribution in [0.25, 0.3) is 0 Å². The molecule has 0 aromatic heterocycles. The predicted octanol–water partition coefficient (Wildman–Crippen LogP) is 2.00. The summed E-state index contributed by atoms with van der Waals surface area (Å²) in [5.41, 5.74) is 0. The minimum atomic E-state index is -2.77. The lowest BCUT2D eigenvalue weighted by Crippen LogP contribution is -2.20. The minimum absolute atomic E-state index is 0.146. The molecular weight excluding hydrogens is 160 g/mol. The zero-order valence-electron chi connectivity index (χ0n) is 7.63. The molecule has 0 aliphatic carbocycles. The molecule has 0 radical (unpaired) electrons. The van der Waals surface area contributed by atoms with Crippen molar-refractivity contribution in [2.75, 3.05) is 5.75 Å². The van der Waals surface area contributed by atoms with Gasteiger partial charge in [0.05, 0.1) is 11.0 Å². The summed E-state index contributed by atoms with van der Waals surface area (Å²) in [6, 6.07) is 0. The van der Waals surface area contributed by atoms with Crippen LogP contribution < -0.4 is 0 Å². The van der Waals surface area contributed by atoms with Crippen LogP contribution in [-0.2, 0) is 9.84 Å². The van der Waals surface area contributed by atoms with Gasteiger partial charge in [-0.05, 0) is 19.8 Å². The second kappa shape index (κ2) is 4.75. The highest BCUT2D eigenvalue weighted by Gasteiger charge is 2.17. The predicted molar refractivity (Wildman–Crippen MR) is 48.4 cm³/mol. The molecule has 0 bridgehead atoms. The monoisotopic (exact) mass is 178 g/mol. The standard InChI is InChI=1S/C8H18O2S/c1-4-6-8(3)11(9,10)7-5-2/h8H,4-7H2,1-3H3. The molecule has 0 saturated carbocycles. The van der Waals surface area contributed by atoms with Crippen LogP contribution in [0.2, 0.25) is 0 Å². The van der Waals surface area contributed by atoms with Gasteiger partial charge in [0.15, 0.2) is 9.84 Å². The number of sulfone groups is 1. The van der Waals surface area contributed by atoms with Gasteiger partial charge in [-0.25, -0.2) is 8.42 Å². The molecule has 68 valence electrons. The van der Waals surface area contributed by atoms with E-state index in [2.05, 4.69) is 0 Å². The summed E-state index contributed by atoms with van der Waals surface area (Å²) >= 11 is 0. The Morgan fingerprint density at radius 1 is 1.18 bits per heavy atom. The molecule has 0 aromatic carbocycles.